The lowest BCUT2D eigenvalue weighted by molar-refractivity contribution is -0.121. The number of hydrogen-bond donors (Lipinski definition) is 2. The molecule has 1 atom stereocenters. The number of aryl methyl sites for hydroxylation is 1. The molecule has 3 rings (SSSR count). The van der Waals surface area contributed by atoms with Gasteiger partial charge in [-0.2, -0.15) is 0 Å². The molecule has 0 bridgehead atoms. The number of benzene rings is 2. The van der Waals surface area contributed by atoms with Crippen LogP contribution in [-0.2, 0) is 21.2 Å². The van der Waals surface area contributed by atoms with E-state index in [1.54, 1.807) is 12.1 Å². The van der Waals surface area contributed by atoms with E-state index in [-0.39, 0.29) is 23.6 Å². The summed E-state index contributed by atoms with van der Waals surface area (Å²) in [6, 6.07) is 11.6. The van der Waals surface area contributed by atoms with Crippen LogP contribution in [0.15, 0.2) is 47.4 Å². The third kappa shape index (κ3) is 4.33. The van der Waals surface area contributed by atoms with E-state index in [1.165, 1.54) is 12.1 Å². The molecule has 1 aliphatic heterocycles. The van der Waals surface area contributed by atoms with Crippen LogP contribution in [0.25, 0.3) is 0 Å². The topological polar surface area (TPSA) is 108 Å². The van der Waals surface area contributed by atoms with Gasteiger partial charge in [0.25, 0.3) is 0 Å². The van der Waals surface area contributed by atoms with Crippen LogP contribution in [-0.4, -0.2) is 21.1 Å². The Balaban J connectivity index is 1.54. The number of primary sulfonamides is 1. The summed E-state index contributed by atoms with van der Waals surface area (Å²) in [6.45, 7) is 2.11. The zero-order valence-electron chi connectivity index (χ0n) is 14.3. The molecule has 0 aliphatic carbocycles. The monoisotopic (exact) mass is 376 g/mol. The standard InChI is InChI=1S/C18H20N2O5S/c1-12(14-5-8-16-17(10-14)25-11-24-16)20-18(21)9-4-13-2-6-15(7-3-13)26(19,22)23/h2-3,5-8,10,12H,4,9,11H2,1H3,(H,20,21)(H2,19,22,23). The highest BCUT2D eigenvalue weighted by molar-refractivity contribution is 7.89. The van der Waals surface area contributed by atoms with E-state index in [0.717, 1.165) is 11.1 Å². The van der Waals surface area contributed by atoms with Crippen molar-refractivity contribution >= 4 is 15.9 Å². The average molecular weight is 376 g/mol. The van der Waals surface area contributed by atoms with Crippen LogP contribution in [0.5, 0.6) is 11.5 Å². The van der Waals surface area contributed by atoms with Gasteiger partial charge in [0, 0.05) is 6.42 Å². The molecule has 0 saturated carbocycles. The molecule has 2 aromatic carbocycles. The fourth-order valence-corrected chi connectivity index (χ4v) is 3.20. The summed E-state index contributed by atoms with van der Waals surface area (Å²) in [6.07, 6.45) is 0.800. The normalized spacial score (nSPS) is 14.1. The van der Waals surface area contributed by atoms with E-state index in [4.69, 9.17) is 14.6 Å². The Hall–Kier alpha value is -2.58. The number of hydrogen-bond acceptors (Lipinski definition) is 5. The molecule has 0 aromatic heterocycles. The zero-order valence-corrected chi connectivity index (χ0v) is 15.1. The third-order valence-electron chi connectivity index (χ3n) is 4.17. The first-order valence-corrected chi connectivity index (χ1v) is 9.68. The number of carbonyl (C=O) groups excluding carboxylic acids is 1. The second kappa shape index (κ2) is 7.35. The summed E-state index contributed by atoms with van der Waals surface area (Å²) >= 11 is 0. The lowest BCUT2D eigenvalue weighted by Crippen LogP contribution is -2.26. The van der Waals surface area contributed by atoms with Crippen LogP contribution in [0.4, 0.5) is 0 Å². The van der Waals surface area contributed by atoms with Crippen molar-refractivity contribution < 1.29 is 22.7 Å². The molecule has 1 aliphatic rings. The predicted octanol–water partition coefficient (Wildman–Crippen LogP) is 1.87. The van der Waals surface area contributed by atoms with Gasteiger partial charge in [-0.15, -0.1) is 0 Å². The van der Waals surface area contributed by atoms with Gasteiger partial charge in [0.05, 0.1) is 10.9 Å². The average Bonchev–Trinajstić information content (AvgIpc) is 3.07. The Morgan fingerprint density at radius 3 is 2.54 bits per heavy atom. The third-order valence-corrected chi connectivity index (χ3v) is 5.10. The number of ether oxygens (including phenoxy) is 2. The largest absolute Gasteiger partial charge is 0.454 e. The van der Waals surface area contributed by atoms with Gasteiger partial charge < -0.3 is 14.8 Å². The summed E-state index contributed by atoms with van der Waals surface area (Å²) in [5.41, 5.74) is 1.79. The second-order valence-corrected chi connectivity index (χ2v) is 7.65. The maximum atomic E-state index is 12.2. The molecule has 0 saturated heterocycles. The van der Waals surface area contributed by atoms with Gasteiger partial charge in [-0.05, 0) is 48.7 Å². The van der Waals surface area contributed by atoms with E-state index in [9.17, 15) is 13.2 Å². The van der Waals surface area contributed by atoms with E-state index in [1.807, 2.05) is 25.1 Å². The van der Waals surface area contributed by atoms with Gasteiger partial charge in [-0.1, -0.05) is 18.2 Å². The zero-order chi connectivity index (χ0) is 18.7. The van der Waals surface area contributed by atoms with E-state index >= 15 is 0 Å². The maximum absolute atomic E-state index is 12.2. The molecule has 0 spiro atoms. The molecule has 3 N–H and O–H groups in total. The van der Waals surface area contributed by atoms with E-state index in [0.29, 0.717) is 24.3 Å². The minimum Gasteiger partial charge on any atom is -0.454 e. The molecule has 1 heterocycles. The van der Waals surface area contributed by atoms with Crippen LogP contribution < -0.4 is 19.9 Å². The van der Waals surface area contributed by atoms with Crippen molar-refractivity contribution in [3.8, 4) is 11.5 Å². The van der Waals surface area contributed by atoms with Crippen molar-refractivity contribution in [1.29, 1.82) is 0 Å². The van der Waals surface area contributed by atoms with Crippen molar-refractivity contribution in [3.63, 3.8) is 0 Å². The van der Waals surface area contributed by atoms with Crippen LogP contribution in [0, 0.1) is 0 Å². The van der Waals surface area contributed by atoms with Gasteiger partial charge in [0.2, 0.25) is 22.7 Å². The summed E-state index contributed by atoms with van der Waals surface area (Å²) in [4.78, 5) is 12.2. The molecule has 138 valence electrons. The lowest BCUT2D eigenvalue weighted by Gasteiger charge is -2.15. The maximum Gasteiger partial charge on any atom is 0.238 e. The minimum atomic E-state index is -3.70. The van der Waals surface area contributed by atoms with Gasteiger partial charge in [-0.3, -0.25) is 4.79 Å². The van der Waals surface area contributed by atoms with E-state index < -0.39 is 10.0 Å². The minimum absolute atomic E-state index is 0.0575. The summed E-state index contributed by atoms with van der Waals surface area (Å²) < 4.78 is 33.1. The number of nitrogens with two attached hydrogens (primary N) is 1. The number of sulfonamides is 1. The molecular weight excluding hydrogens is 356 g/mol. The Labute approximate surface area is 152 Å². The van der Waals surface area contributed by atoms with Crippen molar-refractivity contribution in [3.05, 3.63) is 53.6 Å². The van der Waals surface area contributed by atoms with Gasteiger partial charge in [0.1, 0.15) is 0 Å². The summed E-state index contributed by atoms with van der Waals surface area (Å²) in [5.74, 6) is 1.29. The first-order valence-electron chi connectivity index (χ1n) is 8.13. The summed E-state index contributed by atoms with van der Waals surface area (Å²) in [5, 5.41) is 8.01. The smallest absolute Gasteiger partial charge is 0.238 e. The Kier molecular flexibility index (Phi) is 5.15. The lowest BCUT2D eigenvalue weighted by atomic mass is 10.1. The van der Waals surface area contributed by atoms with Crippen LogP contribution >= 0.6 is 0 Å². The molecule has 2 aromatic rings. The molecule has 1 unspecified atom stereocenters. The molecule has 0 fully saturated rings. The summed E-state index contributed by atoms with van der Waals surface area (Å²) in [7, 11) is -3.70. The molecule has 26 heavy (non-hydrogen) atoms. The number of fused-ring (bicyclic) bond motifs is 1. The molecular formula is C18H20N2O5S. The Morgan fingerprint density at radius 2 is 1.85 bits per heavy atom. The number of nitrogens with one attached hydrogen (secondary N) is 1. The molecule has 1 amide bonds. The fraction of sp³-hybridized carbons (Fsp3) is 0.278. The first kappa shape index (κ1) is 18.2. The van der Waals surface area contributed by atoms with Gasteiger partial charge >= 0.3 is 0 Å². The highest BCUT2D eigenvalue weighted by atomic mass is 32.2. The SMILES string of the molecule is CC(NC(=O)CCc1ccc(S(N)(=O)=O)cc1)c1ccc2c(c1)OCO2. The van der Waals surface area contributed by atoms with Crippen molar-refractivity contribution in [2.75, 3.05) is 6.79 Å². The number of rotatable bonds is 6. The Bertz CT molecular complexity index is 910. The fourth-order valence-electron chi connectivity index (χ4n) is 2.68. The molecule has 0 radical (unpaired) electrons. The van der Waals surface area contributed by atoms with E-state index in [2.05, 4.69) is 5.32 Å². The van der Waals surface area contributed by atoms with Gasteiger partial charge in [0.15, 0.2) is 11.5 Å². The predicted molar refractivity (Wildman–Crippen MR) is 95.3 cm³/mol. The number of carbonyl (C=O) groups is 1. The quantitative estimate of drug-likeness (QED) is 0.800. The van der Waals surface area contributed by atoms with Crippen LogP contribution in [0.2, 0.25) is 0 Å². The van der Waals surface area contributed by atoms with Crippen LogP contribution in [0.1, 0.15) is 30.5 Å². The second-order valence-electron chi connectivity index (χ2n) is 6.09. The highest BCUT2D eigenvalue weighted by Gasteiger charge is 2.17. The van der Waals surface area contributed by atoms with Crippen molar-refractivity contribution in [1.82, 2.24) is 5.32 Å². The number of amides is 1. The van der Waals surface area contributed by atoms with Crippen molar-refractivity contribution in [2.24, 2.45) is 5.14 Å². The van der Waals surface area contributed by atoms with Gasteiger partial charge in [-0.25, -0.2) is 13.6 Å². The van der Waals surface area contributed by atoms with Crippen molar-refractivity contribution in [2.45, 2.75) is 30.7 Å². The Morgan fingerprint density at radius 1 is 1.15 bits per heavy atom. The molecule has 8 heteroatoms. The highest BCUT2D eigenvalue weighted by Crippen LogP contribution is 2.34. The first-order chi connectivity index (χ1) is 12.3. The molecule has 7 nitrogen and oxygen atoms in total. The van der Waals surface area contributed by atoms with Crippen LogP contribution in [0.3, 0.4) is 0 Å².